The fourth-order valence-electron chi connectivity index (χ4n) is 1.71. The van der Waals surface area contributed by atoms with Crippen LogP contribution in [0.3, 0.4) is 0 Å². The fraction of sp³-hybridized carbons (Fsp3) is 0. The normalized spacial score (nSPS) is 10.9. The summed E-state index contributed by atoms with van der Waals surface area (Å²) >= 11 is 5.07. The molecule has 0 aliphatic carbocycles. The molecule has 0 fully saturated rings. The van der Waals surface area contributed by atoms with Gasteiger partial charge in [0.2, 0.25) is 0 Å². The van der Waals surface area contributed by atoms with Gasteiger partial charge in [0.25, 0.3) is 0 Å². The maximum Gasteiger partial charge on any atom is 0.154 e. The Labute approximate surface area is 110 Å². The summed E-state index contributed by atoms with van der Waals surface area (Å²) in [5.41, 5.74) is 1.59. The Bertz CT molecular complexity index is 701. The van der Waals surface area contributed by atoms with E-state index >= 15 is 0 Å². The van der Waals surface area contributed by atoms with E-state index in [-0.39, 0.29) is 0 Å². The van der Waals surface area contributed by atoms with Crippen LogP contribution >= 0.6 is 27.3 Å². The summed E-state index contributed by atoms with van der Waals surface area (Å²) in [7, 11) is 0. The van der Waals surface area contributed by atoms with E-state index < -0.39 is 0 Å². The Morgan fingerprint density at radius 3 is 2.94 bits per heavy atom. The maximum absolute atomic E-state index is 10.7. The maximum atomic E-state index is 10.7. The molecule has 17 heavy (non-hydrogen) atoms. The van der Waals surface area contributed by atoms with Gasteiger partial charge in [0, 0.05) is 11.8 Å². The molecule has 0 aromatic carbocycles. The molecule has 84 valence electrons. The van der Waals surface area contributed by atoms with Gasteiger partial charge in [-0.3, -0.25) is 9.20 Å². The molecule has 0 unspecified atom stereocenters. The van der Waals surface area contributed by atoms with Gasteiger partial charge < -0.3 is 0 Å². The van der Waals surface area contributed by atoms with E-state index in [9.17, 15) is 4.79 Å². The predicted molar refractivity (Wildman–Crippen MR) is 71.6 cm³/mol. The Kier molecular flexibility index (Phi) is 2.57. The molecule has 0 aliphatic rings. The van der Waals surface area contributed by atoms with E-state index in [1.807, 2.05) is 28.8 Å². The van der Waals surface area contributed by atoms with Gasteiger partial charge in [0.15, 0.2) is 5.82 Å². The first-order valence-electron chi connectivity index (χ1n) is 4.96. The highest BCUT2D eigenvalue weighted by Gasteiger charge is 2.08. The van der Waals surface area contributed by atoms with Crippen molar-refractivity contribution in [1.29, 1.82) is 0 Å². The molecule has 0 aliphatic heterocycles. The van der Waals surface area contributed by atoms with Crippen molar-refractivity contribution in [1.82, 2.24) is 9.38 Å². The van der Waals surface area contributed by atoms with Crippen LogP contribution in [0, 0.1) is 0 Å². The van der Waals surface area contributed by atoms with Crippen molar-refractivity contribution in [3.05, 3.63) is 46.0 Å². The molecule has 0 spiro atoms. The van der Waals surface area contributed by atoms with Gasteiger partial charge in [-0.25, -0.2) is 4.98 Å². The molecule has 3 aromatic heterocycles. The van der Waals surface area contributed by atoms with E-state index in [0.29, 0.717) is 5.56 Å². The van der Waals surface area contributed by atoms with E-state index in [2.05, 4.69) is 20.9 Å². The smallest absolute Gasteiger partial charge is 0.154 e. The lowest BCUT2D eigenvalue weighted by Gasteiger charge is -1.98. The standard InChI is InChI=1S/C12H7BrN2OS/c13-11-2-1-10(17-11)12-14-6-9-5-8(7-16)3-4-15(9)12/h1-7H. The topological polar surface area (TPSA) is 34.4 Å². The summed E-state index contributed by atoms with van der Waals surface area (Å²) in [6.45, 7) is 0. The molecular formula is C12H7BrN2OS. The van der Waals surface area contributed by atoms with Crippen molar-refractivity contribution in [2.75, 3.05) is 0 Å². The monoisotopic (exact) mass is 306 g/mol. The second-order valence-corrected chi connectivity index (χ2v) is 6.02. The van der Waals surface area contributed by atoms with E-state index in [1.165, 1.54) is 0 Å². The summed E-state index contributed by atoms with van der Waals surface area (Å²) in [5, 5.41) is 0. The lowest BCUT2D eigenvalue weighted by Crippen LogP contribution is -1.88. The second-order valence-electron chi connectivity index (χ2n) is 3.56. The zero-order valence-corrected chi connectivity index (χ0v) is 11.0. The molecule has 0 saturated carbocycles. The molecule has 0 amide bonds. The van der Waals surface area contributed by atoms with Crippen LogP contribution in [0.1, 0.15) is 10.4 Å². The first-order chi connectivity index (χ1) is 8.28. The number of rotatable bonds is 2. The number of aldehydes is 1. The first kappa shape index (κ1) is 10.7. The minimum atomic E-state index is 0.663. The van der Waals surface area contributed by atoms with E-state index in [0.717, 1.165) is 26.3 Å². The van der Waals surface area contributed by atoms with Crippen molar-refractivity contribution >= 4 is 39.1 Å². The van der Waals surface area contributed by atoms with Gasteiger partial charge in [-0.15, -0.1) is 11.3 Å². The molecule has 3 rings (SSSR count). The molecule has 0 bridgehead atoms. The van der Waals surface area contributed by atoms with Gasteiger partial charge in [-0.1, -0.05) is 0 Å². The number of fused-ring (bicyclic) bond motifs is 1. The Hall–Kier alpha value is -1.46. The summed E-state index contributed by atoms with van der Waals surface area (Å²) < 4.78 is 3.06. The molecule has 0 atom stereocenters. The Morgan fingerprint density at radius 1 is 1.35 bits per heavy atom. The molecule has 0 N–H and O–H groups in total. The molecule has 3 heterocycles. The highest BCUT2D eigenvalue weighted by Crippen LogP contribution is 2.30. The third kappa shape index (κ3) is 1.81. The molecule has 3 nitrogen and oxygen atoms in total. The molecular weight excluding hydrogens is 300 g/mol. The van der Waals surface area contributed by atoms with Crippen LogP contribution in [-0.2, 0) is 0 Å². The number of hydrogen-bond donors (Lipinski definition) is 0. The molecule has 3 aromatic rings. The quantitative estimate of drug-likeness (QED) is 0.677. The van der Waals surface area contributed by atoms with Crippen molar-refractivity contribution in [2.24, 2.45) is 0 Å². The van der Waals surface area contributed by atoms with Crippen LogP contribution in [-0.4, -0.2) is 15.7 Å². The first-order valence-corrected chi connectivity index (χ1v) is 6.57. The van der Waals surface area contributed by atoms with Crippen LogP contribution in [0.4, 0.5) is 0 Å². The van der Waals surface area contributed by atoms with Crippen molar-refractivity contribution in [3.8, 4) is 10.7 Å². The number of carbonyl (C=O) groups excluding carboxylic acids is 1. The minimum absolute atomic E-state index is 0.663. The average molecular weight is 307 g/mol. The summed E-state index contributed by atoms with van der Waals surface area (Å²) in [6, 6.07) is 7.64. The van der Waals surface area contributed by atoms with Crippen LogP contribution in [0.25, 0.3) is 16.2 Å². The largest absolute Gasteiger partial charge is 0.299 e. The number of halogens is 1. The van der Waals surface area contributed by atoms with Crippen LogP contribution in [0.2, 0.25) is 0 Å². The van der Waals surface area contributed by atoms with Crippen molar-refractivity contribution in [3.63, 3.8) is 0 Å². The number of carbonyl (C=O) groups is 1. The lowest BCUT2D eigenvalue weighted by atomic mass is 10.3. The molecule has 0 radical (unpaired) electrons. The van der Waals surface area contributed by atoms with E-state index in [1.54, 1.807) is 23.6 Å². The van der Waals surface area contributed by atoms with Gasteiger partial charge in [0.1, 0.15) is 6.29 Å². The van der Waals surface area contributed by atoms with Gasteiger partial charge in [-0.2, -0.15) is 0 Å². The van der Waals surface area contributed by atoms with Gasteiger partial charge in [0.05, 0.1) is 20.4 Å². The number of thiophene rings is 1. The fourth-order valence-corrected chi connectivity index (χ4v) is 3.09. The van der Waals surface area contributed by atoms with Crippen LogP contribution in [0.15, 0.2) is 40.4 Å². The van der Waals surface area contributed by atoms with Crippen molar-refractivity contribution < 1.29 is 4.79 Å². The summed E-state index contributed by atoms with van der Waals surface area (Å²) in [5.74, 6) is 0.896. The SMILES string of the molecule is O=Cc1ccn2c(-c3ccc(Br)s3)ncc2c1. The highest BCUT2D eigenvalue weighted by molar-refractivity contribution is 9.11. The predicted octanol–water partition coefficient (Wildman–Crippen LogP) is 3.64. The zero-order chi connectivity index (χ0) is 11.8. The van der Waals surface area contributed by atoms with Gasteiger partial charge >= 0.3 is 0 Å². The zero-order valence-electron chi connectivity index (χ0n) is 8.63. The third-order valence-corrected chi connectivity index (χ3v) is 4.11. The number of hydrogen-bond acceptors (Lipinski definition) is 3. The second kappa shape index (κ2) is 4.09. The Balaban J connectivity index is 2.21. The number of imidazole rings is 1. The van der Waals surface area contributed by atoms with Gasteiger partial charge in [-0.05, 0) is 40.2 Å². The summed E-state index contributed by atoms with van der Waals surface area (Å²) in [6.07, 6.45) is 4.49. The molecule has 5 heteroatoms. The number of pyridine rings is 1. The molecule has 0 saturated heterocycles. The highest BCUT2D eigenvalue weighted by atomic mass is 79.9. The van der Waals surface area contributed by atoms with Crippen LogP contribution < -0.4 is 0 Å². The summed E-state index contributed by atoms with van der Waals surface area (Å²) in [4.78, 5) is 16.2. The van der Waals surface area contributed by atoms with E-state index in [4.69, 9.17) is 0 Å². The number of aromatic nitrogens is 2. The van der Waals surface area contributed by atoms with Crippen LogP contribution in [0.5, 0.6) is 0 Å². The lowest BCUT2D eigenvalue weighted by molar-refractivity contribution is 0.112. The number of nitrogens with zero attached hydrogens (tertiary/aromatic N) is 2. The average Bonchev–Trinajstić information content (AvgIpc) is 2.93. The minimum Gasteiger partial charge on any atom is -0.299 e. The van der Waals surface area contributed by atoms with Crippen molar-refractivity contribution in [2.45, 2.75) is 0 Å². The third-order valence-electron chi connectivity index (χ3n) is 2.49. The Morgan fingerprint density at radius 2 is 2.24 bits per heavy atom.